The van der Waals surface area contributed by atoms with Crippen molar-refractivity contribution in [1.29, 1.82) is 0 Å². The molecule has 94 valence electrons. The number of Topliss-reactive ketones (excluding diaryl/α,β-unsaturated/α-hetero) is 1. The Hall–Kier alpha value is -1.55. The minimum Gasteiger partial charge on any atom is -0.467 e. The molecule has 4 heteroatoms. The van der Waals surface area contributed by atoms with Crippen LogP contribution in [0.4, 0.5) is 5.69 Å². The van der Waals surface area contributed by atoms with Crippen LogP contribution >= 0.6 is 15.9 Å². The summed E-state index contributed by atoms with van der Waals surface area (Å²) in [5.74, 6) is 0.924. The zero-order valence-electron chi connectivity index (χ0n) is 10.3. The summed E-state index contributed by atoms with van der Waals surface area (Å²) < 4.78 is 6.22. The maximum atomic E-state index is 11.7. The van der Waals surface area contributed by atoms with Gasteiger partial charge in [0.25, 0.3) is 0 Å². The molecule has 0 aliphatic heterocycles. The van der Waals surface area contributed by atoms with Crippen molar-refractivity contribution in [2.24, 2.45) is 0 Å². The second-order valence-electron chi connectivity index (χ2n) is 4.15. The van der Waals surface area contributed by atoms with Crippen LogP contribution in [0.5, 0.6) is 0 Å². The van der Waals surface area contributed by atoms with E-state index in [9.17, 15) is 4.79 Å². The number of ketones is 1. The molecule has 0 bridgehead atoms. The van der Waals surface area contributed by atoms with E-state index in [0.717, 1.165) is 15.9 Å². The fourth-order valence-electron chi connectivity index (χ4n) is 1.84. The average molecular weight is 308 g/mol. The van der Waals surface area contributed by atoms with E-state index in [1.165, 1.54) is 0 Å². The molecule has 0 radical (unpaired) electrons. The minimum atomic E-state index is 0.0533. The first-order valence-corrected chi connectivity index (χ1v) is 6.41. The third kappa shape index (κ3) is 2.82. The lowest BCUT2D eigenvalue weighted by Gasteiger charge is -2.20. The molecule has 3 nitrogen and oxygen atoms in total. The molecule has 0 saturated heterocycles. The van der Waals surface area contributed by atoms with E-state index in [1.54, 1.807) is 13.2 Å². The van der Waals surface area contributed by atoms with E-state index in [-0.39, 0.29) is 5.78 Å². The molecule has 0 unspecified atom stereocenters. The van der Waals surface area contributed by atoms with Gasteiger partial charge in [0.15, 0.2) is 5.78 Å². The predicted molar refractivity (Wildman–Crippen MR) is 75.0 cm³/mol. The molecule has 1 aromatic carbocycles. The molecule has 0 spiro atoms. The summed E-state index contributed by atoms with van der Waals surface area (Å²) in [5, 5.41) is 0. The number of nitrogens with zero attached hydrogens (tertiary/aromatic N) is 1. The van der Waals surface area contributed by atoms with Crippen molar-refractivity contribution in [3.05, 3.63) is 52.4 Å². The number of anilines is 1. The van der Waals surface area contributed by atoms with Crippen LogP contribution in [0.2, 0.25) is 0 Å². The van der Waals surface area contributed by atoms with Gasteiger partial charge in [0.2, 0.25) is 0 Å². The van der Waals surface area contributed by atoms with Crippen molar-refractivity contribution >= 4 is 27.4 Å². The average Bonchev–Trinajstić information content (AvgIpc) is 2.81. The van der Waals surface area contributed by atoms with Gasteiger partial charge in [0, 0.05) is 22.8 Å². The molecule has 18 heavy (non-hydrogen) atoms. The number of carbonyl (C=O) groups excluding carboxylic acids is 1. The van der Waals surface area contributed by atoms with E-state index >= 15 is 0 Å². The number of rotatable bonds is 4. The molecule has 0 fully saturated rings. The van der Waals surface area contributed by atoms with Crippen LogP contribution in [-0.4, -0.2) is 12.8 Å². The SMILES string of the molecule is CC(=O)c1cc(Br)ccc1N(C)Cc1ccco1. The molecule has 2 aromatic rings. The molecule has 0 amide bonds. The number of furan rings is 1. The van der Waals surface area contributed by atoms with Gasteiger partial charge in [-0.2, -0.15) is 0 Å². The summed E-state index contributed by atoms with van der Waals surface area (Å²) in [4.78, 5) is 13.7. The largest absolute Gasteiger partial charge is 0.467 e. The highest BCUT2D eigenvalue weighted by Crippen LogP contribution is 2.25. The van der Waals surface area contributed by atoms with Gasteiger partial charge in [-0.1, -0.05) is 15.9 Å². The van der Waals surface area contributed by atoms with Gasteiger partial charge < -0.3 is 9.32 Å². The lowest BCUT2D eigenvalue weighted by Crippen LogP contribution is -2.18. The molecule has 0 aliphatic rings. The maximum absolute atomic E-state index is 11.7. The van der Waals surface area contributed by atoms with Gasteiger partial charge in [-0.25, -0.2) is 0 Å². The van der Waals surface area contributed by atoms with Gasteiger partial charge in [0.1, 0.15) is 5.76 Å². The van der Waals surface area contributed by atoms with Crippen LogP contribution < -0.4 is 4.90 Å². The summed E-state index contributed by atoms with van der Waals surface area (Å²) >= 11 is 3.39. The quantitative estimate of drug-likeness (QED) is 0.804. The van der Waals surface area contributed by atoms with Crippen molar-refractivity contribution in [2.75, 3.05) is 11.9 Å². The first-order chi connectivity index (χ1) is 8.58. The Morgan fingerprint density at radius 2 is 2.17 bits per heavy atom. The second kappa shape index (κ2) is 5.40. The summed E-state index contributed by atoms with van der Waals surface area (Å²) in [5.41, 5.74) is 1.61. The Bertz CT molecular complexity index is 549. The number of halogens is 1. The zero-order valence-corrected chi connectivity index (χ0v) is 11.9. The zero-order chi connectivity index (χ0) is 13.1. The Kier molecular flexibility index (Phi) is 3.87. The molecule has 2 rings (SSSR count). The van der Waals surface area contributed by atoms with Crippen molar-refractivity contribution < 1.29 is 9.21 Å². The Morgan fingerprint density at radius 1 is 1.39 bits per heavy atom. The minimum absolute atomic E-state index is 0.0533. The van der Waals surface area contributed by atoms with E-state index in [1.807, 2.05) is 42.3 Å². The first-order valence-electron chi connectivity index (χ1n) is 5.62. The summed E-state index contributed by atoms with van der Waals surface area (Å²) in [6.45, 7) is 2.21. The normalized spacial score (nSPS) is 10.4. The Morgan fingerprint density at radius 3 is 2.78 bits per heavy atom. The van der Waals surface area contributed by atoms with Crippen LogP contribution in [0.1, 0.15) is 23.0 Å². The third-order valence-electron chi connectivity index (χ3n) is 2.72. The van der Waals surface area contributed by atoms with E-state index < -0.39 is 0 Å². The fourth-order valence-corrected chi connectivity index (χ4v) is 2.21. The van der Waals surface area contributed by atoms with Crippen LogP contribution in [0, 0.1) is 0 Å². The van der Waals surface area contributed by atoms with Crippen LogP contribution in [0.25, 0.3) is 0 Å². The molecule has 0 saturated carbocycles. The lowest BCUT2D eigenvalue weighted by molar-refractivity contribution is 0.101. The summed E-state index contributed by atoms with van der Waals surface area (Å²) in [6.07, 6.45) is 1.65. The molecular weight excluding hydrogens is 294 g/mol. The predicted octanol–water partition coefficient (Wildman–Crippen LogP) is 3.88. The van der Waals surface area contributed by atoms with Crippen LogP contribution in [0.3, 0.4) is 0 Å². The van der Waals surface area contributed by atoms with Crippen molar-refractivity contribution in [1.82, 2.24) is 0 Å². The number of carbonyl (C=O) groups is 1. The molecule has 0 N–H and O–H groups in total. The van der Waals surface area contributed by atoms with Crippen LogP contribution in [0.15, 0.2) is 45.5 Å². The second-order valence-corrected chi connectivity index (χ2v) is 5.07. The highest BCUT2D eigenvalue weighted by molar-refractivity contribution is 9.10. The molecule has 1 aromatic heterocycles. The Labute approximate surface area is 115 Å². The lowest BCUT2D eigenvalue weighted by atomic mass is 10.1. The third-order valence-corrected chi connectivity index (χ3v) is 3.22. The molecule has 0 aliphatic carbocycles. The molecular formula is C14H14BrNO2. The van der Waals surface area contributed by atoms with Gasteiger partial charge in [-0.05, 0) is 37.3 Å². The number of hydrogen-bond donors (Lipinski definition) is 0. The summed E-state index contributed by atoms with van der Waals surface area (Å²) in [7, 11) is 1.94. The fraction of sp³-hybridized carbons (Fsp3) is 0.214. The number of benzene rings is 1. The van der Waals surface area contributed by atoms with E-state index in [0.29, 0.717) is 12.1 Å². The van der Waals surface area contributed by atoms with Gasteiger partial charge in [0.05, 0.1) is 12.8 Å². The highest BCUT2D eigenvalue weighted by atomic mass is 79.9. The highest BCUT2D eigenvalue weighted by Gasteiger charge is 2.12. The van der Waals surface area contributed by atoms with Gasteiger partial charge in [-0.3, -0.25) is 4.79 Å². The topological polar surface area (TPSA) is 33.5 Å². The van der Waals surface area contributed by atoms with Gasteiger partial charge in [-0.15, -0.1) is 0 Å². The maximum Gasteiger partial charge on any atom is 0.161 e. The van der Waals surface area contributed by atoms with Crippen molar-refractivity contribution in [2.45, 2.75) is 13.5 Å². The standard InChI is InChI=1S/C14H14BrNO2/c1-10(17)13-8-11(15)5-6-14(13)16(2)9-12-4-3-7-18-12/h3-8H,9H2,1-2H3. The first kappa shape index (κ1) is 12.9. The van der Waals surface area contributed by atoms with Crippen molar-refractivity contribution in [3.63, 3.8) is 0 Å². The molecule has 0 atom stereocenters. The monoisotopic (exact) mass is 307 g/mol. The number of hydrogen-bond acceptors (Lipinski definition) is 3. The smallest absolute Gasteiger partial charge is 0.161 e. The Balaban J connectivity index is 2.29. The molecule has 1 heterocycles. The van der Waals surface area contributed by atoms with E-state index in [2.05, 4.69) is 15.9 Å². The van der Waals surface area contributed by atoms with E-state index in [4.69, 9.17) is 4.42 Å². The van der Waals surface area contributed by atoms with Crippen LogP contribution in [-0.2, 0) is 6.54 Å². The van der Waals surface area contributed by atoms with Crippen molar-refractivity contribution in [3.8, 4) is 0 Å². The van der Waals surface area contributed by atoms with Gasteiger partial charge >= 0.3 is 0 Å². The summed E-state index contributed by atoms with van der Waals surface area (Å²) in [6, 6.07) is 9.49.